The summed E-state index contributed by atoms with van der Waals surface area (Å²) in [5.74, 6) is -0.356. The predicted molar refractivity (Wildman–Crippen MR) is 105 cm³/mol. The second kappa shape index (κ2) is 6.86. The number of halogens is 1. The summed E-state index contributed by atoms with van der Waals surface area (Å²) in [6, 6.07) is 5.35. The lowest BCUT2D eigenvalue weighted by atomic mass is 9.98. The van der Waals surface area contributed by atoms with Gasteiger partial charge in [0.2, 0.25) is 0 Å². The van der Waals surface area contributed by atoms with Gasteiger partial charge in [-0.1, -0.05) is 12.2 Å². The topological polar surface area (TPSA) is 82.9 Å². The van der Waals surface area contributed by atoms with E-state index in [0.717, 1.165) is 29.5 Å². The number of aromatic nitrogens is 3. The number of hydrogen-bond donors (Lipinski definition) is 3. The number of aromatic amines is 1. The van der Waals surface area contributed by atoms with Crippen molar-refractivity contribution in [2.24, 2.45) is 0 Å². The molecule has 0 unspecified atom stereocenters. The highest BCUT2D eigenvalue weighted by Gasteiger charge is 2.24. The summed E-state index contributed by atoms with van der Waals surface area (Å²) in [6.07, 6.45) is 3.75. The van der Waals surface area contributed by atoms with Crippen LogP contribution in [0.15, 0.2) is 29.2 Å². The third kappa shape index (κ3) is 3.38. The summed E-state index contributed by atoms with van der Waals surface area (Å²) in [4.78, 5) is 19.5. The molecule has 1 aliphatic rings. The van der Waals surface area contributed by atoms with Crippen molar-refractivity contribution in [1.29, 1.82) is 0 Å². The number of fused-ring (bicyclic) bond motifs is 1. The Morgan fingerprint density at radius 1 is 1.44 bits per heavy atom. The van der Waals surface area contributed by atoms with Crippen molar-refractivity contribution < 1.29 is 9.50 Å². The molecular weight excluding hydrogens is 367 g/mol. The van der Waals surface area contributed by atoms with Crippen LogP contribution in [0, 0.1) is 12.7 Å². The second-order valence-electron chi connectivity index (χ2n) is 6.80. The molecule has 140 valence electrons. The van der Waals surface area contributed by atoms with E-state index < -0.39 is 0 Å². The van der Waals surface area contributed by atoms with Gasteiger partial charge in [0.15, 0.2) is 5.65 Å². The van der Waals surface area contributed by atoms with E-state index in [1.165, 1.54) is 10.6 Å². The molecule has 0 radical (unpaired) electrons. The second-order valence-corrected chi connectivity index (χ2v) is 7.20. The number of aliphatic hydroxyl groups excluding tert-OH is 1. The van der Waals surface area contributed by atoms with Crippen molar-refractivity contribution in [3.8, 4) is 11.1 Å². The first-order chi connectivity index (χ1) is 13.0. The SMILES string of the molecule is Cc1cc(F)c(C(=S)NC2CC2)cc1-c1cnc2c(c1)[nH]c(=O)n2CCO. The van der Waals surface area contributed by atoms with E-state index in [1.807, 2.05) is 6.92 Å². The minimum Gasteiger partial charge on any atom is -0.395 e. The highest BCUT2D eigenvalue weighted by atomic mass is 32.1. The third-order valence-electron chi connectivity index (χ3n) is 4.71. The molecule has 0 spiro atoms. The van der Waals surface area contributed by atoms with Crippen molar-refractivity contribution in [3.05, 3.63) is 51.8 Å². The summed E-state index contributed by atoms with van der Waals surface area (Å²) in [6.45, 7) is 1.84. The summed E-state index contributed by atoms with van der Waals surface area (Å²) < 4.78 is 15.8. The number of aliphatic hydroxyl groups is 1. The van der Waals surface area contributed by atoms with Gasteiger partial charge in [-0.15, -0.1) is 0 Å². The van der Waals surface area contributed by atoms with Crippen LogP contribution in [0.3, 0.4) is 0 Å². The number of imidazole rings is 1. The Hall–Kier alpha value is -2.58. The van der Waals surface area contributed by atoms with Crippen LogP contribution in [0.1, 0.15) is 24.0 Å². The van der Waals surface area contributed by atoms with E-state index in [9.17, 15) is 9.18 Å². The number of pyridine rings is 1. The Labute approximate surface area is 160 Å². The molecule has 0 aliphatic heterocycles. The number of H-pyrrole nitrogens is 1. The Morgan fingerprint density at radius 2 is 2.22 bits per heavy atom. The van der Waals surface area contributed by atoms with Gasteiger partial charge in [0, 0.05) is 23.4 Å². The van der Waals surface area contributed by atoms with Gasteiger partial charge < -0.3 is 15.4 Å². The van der Waals surface area contributed by atoms with Gasteiger partial charge >= 0.3 is 5.69 Å². The molecule has 0 bridgehead atoms. The number of benzene rings is 1. The number of thiocarbonyl (C=S) groups is 1. The van der Waals surface area contributed by atoms with Gasteiger partial charge in [-0.2, -0.15) is 0 Å². The molecule has 0 amide bonds. The van der Waals surface area contributed by atoms with E-state index in [-0.39, 0.29) is 24.7 Å². The van der Waals surface area contributed by atoms with E-state index >= 15 is 0 Å². The van der Waals surface area contributed by atoms with Crippen molar-refractivity contribution in [2.75, 3.05) is 6.61 Å². The first-order valence-corrected chi connectivity index (χ1v) is 9.19. The van der Waals surface area contributed by atoms with E-state index in [2.05, 4.69) is 15.3 Å². The molecular formula is C19H19FN4O2S. The first kappa shape index (κ1) is 17.8. The molecule has 4 rings (SSSR count). The lowest BCUT2D eigenvalue weighted by Gasteiger charge is -2.13. The van der Waals surface area contributed by atoms with Crippen LogP contribution in [0.4, 0.5) is 4.39 Å². The van der Waals surface area contributed by atoms with Crippen LogP contribution >= 0.6 is 12.2 Å². The first-order valence-electron chi connectivity index (χ1n) is 8.78. The van der Waals surface area contributed by atoms with Crippen molar-refractivity contribution in [3.63, 3.8) is 0 Å². The van der Waals surface area contributed by atoms with Crippen LogP contribution in [-0.2, 0) is 6.54 Å². The lowest BCUT2D eigenvalue weighted by Crippen LogP contribution is -2.25. The monoisotopic (exact) mass is 386 g/mol. The average molecular weight is 386 g/mol. The van der Waals surface area contributed by atoms with Gasteiger partial charge in [0.25, 0.3) is 0 Å². The van der Waals surface area contributed by atoms with Gasteiger partial charge in [0.05, 0.1) is 18.7 Å². The zero-order chi connectivity index (χ0) is 19.1. The van der Waals surface area contributed by atoms with Gasteiger partial charge in [-0.05, 0) is 49.1 Å². The highest BCUT2D eigenvalue weighted by Crippen LogP contribution is 2.28. The standard InChI is InChI=1S/C19H19FN4O2S/c1-10-6-15(20)14(18(27)22-12-2-3-12)8-13(10)11-7-16-17(21-9-11)24(4-5-25)19(26)23-16/h6-9,12,25H,2-5H2,1H3,(H,22,27)(H,23,26). The smallest absolute Gasteiger partial charge is 0.327 e. The molecule has 1 aromatic carbocycles. The zero-order valence-corrected chi connectivity index (χ0v) is 15.6. The molecule has 6 nitrogen and oxygen atoms in total. The van der Waals surface area contributed by atoms with Crippen LogP contribution < -0.4 is 11.0 Å². The number of rotatable bonds is 5. The molecule has 3 aromatic rings. The molecule has 1 saturated carbocycles. The highest BCUT2D eigenvalue weighted by molar-refractivity contribution is 7.80. The fourth-order valence-corrected chi connectivity index (χ4v) is 3.47. The fourth-order valence-electron chi connectivity index (χ4n) is 3.15. The molecule has 1 aliphatic carbocycles. The van der Waals surface area contributed by atoms with Crippen molar-refractivity contribution in [2.45, 2.75) is 32.4 Å². The fraction of sp³-hybridized carbons (Fsp3) is 0.316. The lowest BCUT2D eigenvalue weighted by molar-refractivity contribution is 0.276. The molecule has 3 N–H and O–H groups in total. The van der Waals surface area contributed by atoms with E-state index in [4.69, 9.17) is 17.3 Å². The Balaban J connectivity index is 1.78. The largest absolute Gasteiger partial charge is 0.395 e. The zero-order valence-electron chi connectivity index (χ0n) is 14.8. The summed E-state index contributed by atoms with van der Waals surface area (Å²) in [5.41, 5.74) is 3.39. The predicted octanol–water partition coefficient (Wildman–Crippen LogP) is 2.26. The number of nitrogens with zero attached hydrogens (tertiary/aromatic N) is 2. The van der Waals surface area contributed by atoms with Crippen LogP contribution in [0.2, 0.25) is 0 Å². The third-order valence-corrected chi connectivity index (χ3v) is 5.05. The Kier molecular flexibility index (Phi) is 4.53. The number of aryl methyl sites for hydroxylation is 1. The van der Waals surface area contributed by atoms with Crippen molar-refractivity contribution >= 4 is 28.4 Å². The van der Waals surface area contributed by atoms with Crippen LogP contribution in [0.25, 0.3) is 22.3 Å². The minimum atomic E-state index is -0.356. The molecule has 0 saturated heterocycles. The summed E-state index contributed by atoms with van der Waals surface area (Å²) >= 11 is 5.36. The van der Waals surface area contributed by atoms with E-state index in [1.54, 1.807) is 18.3 Å². The maximum absolute atomic E-state index is 14.4. The Bertz CT molecular complexity index is 1100. The molecule has 1 fully saturated rings. The van der Waals surface area contributed by atoms with Crippen LogP contribution in [-0.4, -0.2) is 37.3 Å². The molecule has 27 heavy (non-hydrogen) atoms. The minimum absolute atomic E-state index is 0.151. The van der Waals surface area contributed by atoms with E-state index in [0.29, 0.717) is 27.8 Å². The summed E-state index contributed by atoms with van der Waals surface area (Å²) in [5, 5.41) is 12.3. The van der Waals surface area contributed by atoms with Gasteiger partial charge in [-0.25, -0.2) is 14.2 Å². The molecule has 8 heteroatoms. The normalized spacial score (nSPS) is 13.9. The van der Waals surface area contributed by atoms with Gasteiger partial charge in [-0.3, -0.25) is 4.57 Å². The Morgan fingerprint density at radius 3 is 2.93 bits per heavy atom. The molecule has 2 heterocycles. The summed E-state index contributed by atoms with van der Waals surface area (Å²) in [7, 11) is 0. The number of hydrogen-bond acceptors (Lipinski definition) is 4. The number of nitrogens with one attached hydrogen (secondary N) is 2. The molecule has 0 atom stereocenters. The quantitative estimate of drug-likeness (QED) is 0.586. The maximum atomic E-state index is 14.4. The maximum Gasteiger partial charge on any atom is 0.327 e. The molecule has 2 aromatic heterocycles. The van der Waals surface area contributed by atoms with Crippen LogP contribution in [0.5, 0.6) is 0 Å². The van der Waals surface area contributed by atoms with Crippen molar-refractivity contribution in [1.82, 2.24) is 19.9 Å². The van der Waals surface area contributed by atoms with Gasteiger partial charge in [0.1, 0.15) is 10.8 Å². The average Bonchev–Trinajstić information content (AvgIpc) is 3.38.